The summed E-state index contributed by atoms with van der Waals surface area (Å²) in [5.41, 5.74) is 36.6. The maximum Gasteiger partial charge on any atom is 0.333 e. The molecule has 5 aliphatic heterocycles. The second kappa shape index (κ2) is 44.4. The van der Waals surface area contributed by atoms with Crippen molar-refractivity contribution in [1.82, 2.24) is 5.06 Å². The third-order valence-corrected chi connectivity index (χ3v) is 20.0. The lowest BCUT2D eigenvalue weighted by Gasteiger charge is -2.27. The molecule has 5 aliphatic rings. The van der Waals surface area contributed by atoms with E-state index >= 15 is 0 Å². The van der Waals surface area contributed by atoms with E-state index in [0.717, 1.165) is 51.6 Å². The van der Waals surface area contributed by atoms with Crippen LogP contribution in [0.5, 0.6) is 0 Å². The van der Waals surface area contributed by atoms with Crippen LogP contribution < -0.4 is 15.5 Å². The van der Waals surface area contributed by atoms with Gasteiger partial charge in [0.2, 0.25) is 11.4 Å². The van der Waals surface area contributed by atoms with Gasteiger partial charge in [-0.15, -0.1) is 5.06 Å². The number of benzene rings is 4. The molecule has 0 unspecified atom stereocenters. The zero-order chi connectivity index (χ0) is 77.8. The summed E-state index contributed by atoms with van der Waals surface area (Å²) >= 11 is 0. The molecule has 1 fully saturated rings. The lowest BCUT2D eigenvalue weighted by atomic mass is 9.81. The Hall–Kier alpha value is -9.12. The molecule has 1 saturated heterocycles. The van der Waals surface area contributed by atoms with E-state index < -0.39 is 17.8 Å². The number of hydrogen-bond acceptors (Lipinski definition) is 16. The summed E-state index contributed by atoms with van der Waals surface area (Å²) in [4.78, 5) is 63.2. The molecule has 108 heavy (non-hydrogen) atoms. The molecule has 23 heteroatoms. The van der Waals surface area contributed by atoms with Gasteiger partial charge in [-0.1, -0.05) is 160 Å². The molecule has 0 bridgehead atoms. The van der Waals surface area contributed by atoms with E-state index in [4.69, 9.17) is 50.1 Å². The maximum absolute atomic E-state index is 12.5. The number of rotatable bonds is 43. The first-order chi connectivity index (χ1) is 52.1. The number of azide groups is 2. The fraction of sp³-hybridized carbons (Fsp3) is 0.506. The number of ketones is 1. The summed E-state index contributed by atoms with van der Waals surface area (Å²) in [7, 11) is 4.29. The topological polar surface area (TPSA) is 272 Å². The molecule has 2 amide bonds. The van der Waals surface area contributed by atoms with Gasteiger partial charge >= 0.3 is 5.97 Å². The first-order valence-electron chi connectivity index (χ1n) is 38.2. The fourth-order valence-corrected chi connectivity index (χ4v) is 14.3. The third-order valence-electron chi connectivity index (χ3n) is 20.0. The van der Waals surface area contributed by atoms with E-state index in [-0.39, 0.29) is 40.9 Å². The van der Waals surface area contributed by atoms with Gasteiger partial charge < -0.3 is 48.8 Å². The zero-order valence-electron chi connectivity index (χ0n) is 65.5. The van der Waals surface area contributed by atoms with Gasteiger partial charge in [0.25, 0.3) is 11.8 Å². The smallest absolute Gasteiger partial charge is 0.333 e. The lowest BCUT2D eigenvalue weighted by Crippen LogP contribution is -2.32. The Kier molecular flexibility index (Phi) is 35.4. The van der Waals surface area contributed by atoms with E-state index in [1.807, 2.05) is 0 Å². The monoisotopic (exact) mass is 1480 g/mol. The molecule has 4 aromatic carbocycles. The van der Waals surface area contributed by atoms with Crippen molar-refractivity contribution in [2.75, 3.05) is 136 Å². The quantitative estimate of drug-likeness (QED) is 0.00821. The highest BCUT2D eigenvalue weighted by atomic mass is 16.7. The standard InChI is InChI=1S/C41H56N5O4.C36H42N3O4.C8H18N4O3/c1-40(2)34-19-11-13-21-36(34)45(5)38(40)23-9-6-10-24-39-41(3,4)35-20-12-14-22-37(35)46(39)26-15-7-8-17-33(47)18-16-27-48-29-31-50-32-30-49-28-25-43-44-42;1-35(2)26-16-11-13-18-28(26)37(5)30(35)20-8-6-9-21-31-36(3,4)27-17-12-14-19-29(27)38(31)25-15-7-10-22-34(42)43-39-32(40)23-24-33(39)41;9-1-3-13-5-7-15-8-6-14-4-2-11-12-10/h6,9-14,19-24H,7-8,15-18,25-32H2,1-5H3;6,8-9,11-14,16-21H,7,10,15,22-25H2,1-5H3;1-9H2/q2*+1;. The summed E-state index contributed by atoms with van der Waals surface area (Å²) in [6.45, 7) is 27.2. The number of carbonyl (C=O) groups excluding carboxylic acids is 4. The van der Waals surface area contributed by atoms with Gasteiger partial charge in [0.05, 0.1) is 83.5 Å². The minimum Gasteiger partial charge on any atom is -0.379 e. The Labute approximate surface area is 639 Å². The van der Waals surface area contributed by atoms with Gasteiger partial charge in [-0.2, -0.15) is 9.15 Å². The number of hydrogen-bond donors (Lipinski definition) is 1. The van der Waals surface area contributed by atoms with Crippen LogP contribution in [0.3, 0.4) is 0 Å². The second-order valence-corrected chi connectivity index (χ2v) is 29.0. The number of unbranched alkanes of at least 4 members (excludes halogenated alkanes) is 4. The van der Waals surface area contributed by atoms with E-state index in [0.29, 0.717) is 129 Å². The summed E-state index contributed by atoms with van der Waals surface area (Å²) in [5, 5.41) is 7.35. The fourth-order valence-electron chi connectivity index (χ4n) is 14.3. The van der Waals surface area contributed by atoms with E-state index in [1.165, 1.54) is 67.8 Å². The highest BCUT2D eigenvalue weighted by Crippen LogP contribution is 2.49. The average molecular weight is 1480 g/mol. The number of imide groups is 1. The zero-order valence-corrected chi connectivity index (χ0v) is 65.5. The molecule has 2 N–H and O–H groups in total. The van der Waals surface area contributed by atoms with Crippen LogP contribution in [-0.2, 0) is 74.1 Å². The minimum absolute atomic E-state index is 0.0381. The van der Waals surface area contributed by atoms with Gasteiger partial charge in [0.15, 0.2) is 11.4 Å². The number of amides is 2. The molecular weight excluding hydrogens is 1370 g/mol. The predicted octanol–water partition coefficient (Wildman–Crippen LogP) is 15.7. The summed E-state index contributed by atoms with van der Waals surface area (Å²) in [6.07, 6.45) is 29.4. The van der Waals surface area contributed by atoms with Crippen molar-refractivity contribution in [2.24, 2.45) is 16.0 Å². The Bertz CT molecular complexity index is 3990. The number of anilines is 2. The Morgan fingerprint density at radius 1 is 0.463 bits per heavy atom. The van der Waals surface area contributed by atoms with Crippen LogP contribution in [0.25, 0.3) is 20.9 Å². The van der Waals surface area contributed by atoms with Gasteiger partial charge in [-0.05, 0) is 106 Å². The number of para-hydroxylation sites is 4. The first kappa shape index (κ1) is 86.1. The molecule has 0 radical (unpaired) electrons. The van der Waals surface area contributed by atoms with Gasteiger partial charge in [0, 0.05) is 150 Å². The number of carbonyl (C=O) groups is 4. The van der Waals surface area contributed by atoms with E-state index in [2.05, 4.69) is 266 Å². The highest BCUT2D eigenvalue weighted by Gasteiger charge is 2.45. The van der Waals surface area contributed by atoms with Crippen molar-refractivity contribution in [3.05, 3.63) is 212 Å². The van der Waals surface area contributed by atoms with Gasteiger partial charge in [-0.25, -0.2) is 4.79 Å². The minimum atomic E-state index is -0.538. The molecule has 0 aromatic heterocycles. The molecule has 4 aromatic rings. The largest absolute Gasteiger partial charge is 0.379 e. The van der Waals surface area contributed by atoms with Gasteiger partial charge in [-0.3, -0.25) is 14.4 Å². The lowest BCUT2D eigenvalue weighted by molar-refractivity contribution is -0.401. The van der Waals surface area contributed by atoms with Gasteiger partial charge in [0.1, 0.15) is 19.9 Å². The van der Waals surface area contributed by atoms with Crippen molar-refractivity contribution in [3.63, 3.8) is 0 Å². The SMILES string of the molecule is C[N+]1=C(C=CC=CC=C2N(CCCCCC(=O)CCCOCCOCCOCCN=[N+]=[N-])c3ccccc3C2(C)C)C(C)(C)c2ccccc21.C[N+]1=C(C=CC=CC=C2N(CCCCCC(=O)ON3C(=O)CCC3=O)c3ccccc3C2(C)C)C(C)(C)c2ccccc21.[N-]=[N+]=NCCOCCOCCOCCN. The molecule has 5 heterocycles. The molecule has 9 rings (SSSR count). The van der Waals surface area contributed by atoms with Crippen LogP contribution in [0.2, 0.25) is 0 Å². The molecule has 0 aliphatic carbocycles. The number of nitrogens with zero attached hydrogens (tertiary/aromatic N) is 11. The Morgan fingerprint density at radius 2 is 0.843 bits per heavy atom. The van der Waals surface area contributed by atoms with Crippen LogP contribution in [0, 0.1) is 0 Å². The number of ether oxygens (including phenoxy) is 6. The molecule has 580 valence electrons. The molecule has 0 saturated carbocycles. The summed E-state index contributed by atoms with van der Waals surface area (Å²) in [6, 6.07) is 34.5. The number of hydroxylamine groups is 2. The third kappa shape index (κ3) is 24.4. The highest BCUT2D eigenvalue weighted by molar-refractivity contribution is 6.04. The Morgan fingerprint density at radius 3 is 1.27 bits per heavy atom. The maximum atomic E-state index is 12.5. The van der Waals surface area contributed by atoms with E-state index in [9.17, 15) is 19.2 Å². The van der Waals surface area contributed by atoms with Crippen molar-refractivity contribution >= 4 is 57.7 Å². The van der Waals surface area contributed by atoms with Crippen molar-refractivity contribution in [3.8, 4) is 0 Å². The molecular formula is C85H116N12O11+2. The number of fused-ring (bicyclic) bond motifs is 4. The normalized spacial score (nSPS) is 17.0. The summed E-state index contributed by atoms with van der Waals surface area (Å²) < 4.78 is 36.3. The second-order valence-electron chi connectivity index (χ2n) is 29.0. The van der Waals surface area contributed by atoms with Crippen molar-refractivity contribution in [1.29, 1.82) is 0 Å². The first-order valence-corrected chi connectivity index (χ1v) is 38.2. The molecule has 0 atom stereocenters. The molecule has 0 spiro atoms. The van der Waals surface area contributed by atoms with Crippen molar-refractivity contribution < 1.29 is 61.6 Å². The van der Waals surface area contributed by atoms with E-state index in [1.54, 1.807) is 0 Å². The van der Waals surface area contributed by atoms with Crippen LogP contribution in [0.1, 0.15) is 155 Å². The van der Waals surface area contributed by atoms with Crippen LogP contribution >= 0.6 is 0 Å². The van der Waals surface area contributed by atoms with Crippen molar-refractivity contribution in [2.45, 2.75) is 154 Å². The van der Waals surface area contributed by atoms with Crippen LogP contribution in [0.15, 0.2) is 179 Å². The predicted molar refractivity (Wildman–Crippen MR) is 427 cm³/mol. The molecule has 23 nitrogen and oxygen atoms in total. The Balaban J connectivity index is 0.000000255. The number of Topliss-reactive ketones (excluding diaryl/α,β-unsaturated/α-hetero) is 1. The number of nitrogens with two attached hydrogens (primary N) is 1. The summed E-state index contributed by atoms with van der Waals surface area (Å²) in [5.74, 6) is -1.12. The number of allylic oxidation sites excluding steroid dienone is 12. The average Bonchev–Trinajstić information content (AvgIpc) is 1.62. The van der Waals surface area contributed by atoms with Crippen LogP contribution in [-0.4, -0.2) is 175 Å². The van der Waals surface area contributed by atoms with Crippen LogP contribution in [0.4, 0.5) is 22.7 Å².